The Labute approximate surface area is 136 Å². The van der Waals surface area contributed by atoms with Gasteiger partial charge in [0.15, 0.2) is 0 Å². The van der Waals surface area contributed by atoms with Gasteiger partial charge in [0.1, 0.15) is 0 Å². The number of carbonyl (C=O) groups is 1. The van der Waals surface area contributed by atoms with Crippen molar-refractivity contribution in [2.75, 3.05) is 19.6 Å². The van der Waals surface area contributed by atoms with E-state index in [9.17, 15) is 9.90 Å². The number of likely N-dealkylation sites (tertiary alicyclic amines) is 1. The average molecular weight is 322 g/mol. The molecular formula is C17H26N2O2S. The molecule has 1 saturated heterocycles. The van der Waals surface area contributed by atoms with Crippen LogP contribution in [0.25, 0.3) is 0 Å². The number of aliphatic hydroxyl groups is 1. The fourth-order valence-corrected chi connectivity index (χ4v) is 4.45. The van der Waals surface area contributed by atoms with E-state index in [0.29, 0.717) is 5.92 Å². The standard InChI is InChI=1S/C17H26N2O2S/c20-16-7-1-6-15(16)17(21)18-10-13-4-2-8-19(11-13)12-14-5-3-9-22-14/h3,5,9,13,15-16,20H,1-2,4,6-8,10-12H2,(H,18,21). The molecular weight excluding hydrogens is 296 g/mol. The van der Waals surface area contributed by atoms with Gasteiger partial charge in [-0.15, -0.1) is 11.3 Å². The molecule has 1 aliphatic carbocycles. The van der Waals surface area contributed by atoms with Crippen LogP contribution in [-0.2, 0) is 11.3 Å². The van der Waals surface area contributed by atoms with Crippen molar-refractivity contribution in [1.29, 1.82) is 0 Å². The number of thiophene rings is 1. The summed E-state index contributed by atoms with van der Waals surface area (Å²) < 4.78 is 0. The number of amides is 1. The molecule has 0 aromatic carbocycles. The Hall–Kier alpha value is -0.910. The highest BCUT2D eigenvalue weighted by atomic mass is 32.1. The van der Waals surface area contributed by atoms with Gasteiger partial charge in [-0.25, -0.2) is 0 Å². The molecule has 0 radical (unpaired) electrons. The van der Waals surface area contributed by atoms with E-state index < -0.39 is 6.10 Å². The highest BCUT2D eigenvalue weighted by Crippen LogP contribution is 2.26. The Bertz CT molecular complexity index is 477. The molecule has 4 nitrogen and oxygen atoms in total. The van der Waals surface area contributed by atoms with Crippen molar-refractivity contribution in [3.63, 3.8) is 0 Å². The molecule has 1 amide bonds. The number of nitrogens with zero attached hydrogens (tertiary/aromatic N) is 1. The van der Waals surface area contributed by atoms with E-state index >= 15 is 0 Å². The van der Waals surface area contributed by atoms with Crippen LogP contribution in [0.5, 0.6) is 0 Å². The smallest absolute Gasteiger partial charge is 0.225 e. The number of carbonyl (C=O) groups excluding carboxylic acids is 1. The normalized spacial score (nSPS) is 29.6. The van der Waals surface area contributed by atoms with E-state index in [1.165, 1.54) is 17.7 Å². The second kappa shape index (κ2) is 7.57. The van der Waals surface area contributed by atoms with Gasteiger partial charge in [0.05, 0.1) is 12.0 Å². The molecule has 3 unspecified atom stereocenters. The van der Waals surface area contributed by atoms with E-state index in [2.05, 4.69) is 27.7 Å². The molecule has 2 aliphatic rings. The molecule has 0 bridgehead atoms. The molecule has 0 spiro atoms. The number of aliphatic hydroxyl groups excluding tert-OH is 1. The molecule has 3 atom stereocenters. The predicted molar refractivity (Wildman–Crippen MR) is 88.7 cm³/mol. The first-order chi connectivity index (χ1) is 10.7. The lowest BCUT2D eigenvalue weighted by Gasteiger charge is -2.32. The third-order valence-electron chi connectivity index (χ3n) is 4.94. The fourth-order valence-electron chi connectivity index (χ4n) is 3.71. The van der Waals surface area contributed by atoms with Crippen molar-refractivity contribution in [2.24, 2.45) is 11.8 Å². The summed E-state index contributed by atoms with van der Waals surface area (Å²) in [7, 11) is 0. The van der Waals surface area contributed by atoms with Crippen LogP contribution >= 0.6 is 11.3 Å². The maximum Gasteiger partial charge on any atom is 0.225 e. The van der Waals surface area contributed by atoms with Gasteiger partial charge in [-0.2, -0.15) is 0 Å². The van der Waals surface area contributed by atoms with Gasteiger partial charge in [0.2, 0.25) is 5.91 Å². The Morgan fingerprint density at radius 2 is 2.27 bits per heavy atom. The first kappa shape index (κ1) is 16.0. The van der Waals surface area contributed by atoms with Gasteiger partial charge >= 0.3 is 0 Å². The topological polar surface area (TPSA) is 52.6 Å². The van der Waals surface area contributed by atoms with E-state index in [1.807, 2.05) is 11.3 Å². The molecule has 22 heavy (non-hydrogen) atoms. The minimum absolute atomic E-state index is 0.0559. The minimum Gasteiger partial charge on any atom is -0.392 e. The number of hydrogen-bond acceptors (Lipinski definition) is 4. The van der Waals surface area contributed by atoms with E-state index in [1.54, 1.807) is 0 Å². The van der Waals surface area contributed by atoms with Crippen LogP contribution < -0.4 is 5.32 Å². The number of rotatable bonds is 5. The second-order valence-electron chi connectivity index (χ2n) is 6.67. The molecule has 1 saturated carbocycles. The summed E-state index contributed by atoms with van der Waals surface area (Å²) in [6.07, 6.45) is 4.55. The summed E-state index contributed by atoms with van der Waals surface area (Å²) >= 11 is 1.81. The lowest BCUT2D eigenvalue weighted by atomic mass is 9.97. The van der Waals surface area contributed by atoms with Gasteiger partial charge in [0, 0.05) is 24.5 Å². The zero-order valence-electron chi connectivity index (χ0n) is 13.0. The molecule has 5 heteroatoms. The van der Waals surface area contributed by atoms with E-state index in [-0.39, 0.29) is 11.8 Å². The zero-order valence-corrected chi connectivity index (χ0v) is 13.9. The van der Waals surface area contributed by atoms with Crippen LogP contribution in [0.2, 0.25) is 0 Å². The maximum absolute atomic E-state index is 12.2. The van der Waals surface area contributed by atoms with Crippen molar-refractivity contribution < 1.29 is 9.90 Å². The minimum atomic E-state index is -0.429. The van der Waals surface area contributed by atoms with Crippen LogP contribution in [0, 0.1) is 11.8 Å². The molecule has 2 heterocycles. The summed E-state index contributed by atoms with van der Waals surface area (Å²) in [5, 5.41) is 15.0. The van der Waals surface area contributed by atoms with Crippen molar-refractivity contribution in [1.82, 2.24) is 10.2 Å². The van der Waals surface area contributed by atoms with Gasteiger partial charge in [-0.05, 0) is 56.0 Å². The Balaban J connectivity index is 1.43. The summed E-state index contributed by atoms with van der Waals surface area (Å²) in [6, 6.07) is 4.30. The Kier molecular flexibility index (Phi) is 5.50. The van der Waals surface area contributed by atoms with Gasteiger partial charge in [-0.3, -0.25) is 9.69 Å². The molecule has 3 rings (SSSR count). The number of piperidine rings is 1. The SMILES string of the molecule is O=C(NCC1CCCN(Cc2cccs2)C1)C1CCCC1O. The summed E-state index contributed by atoms with van der Waals surface area (Å²) in [4.78, 5) is 16.1. The van der Waals surface area contributed by atoms with Crippen LogP contribution in [0.3, 0.4) is 0 Å². The van der Waals surface area contributed by atoms with Gasteiger partial charge < -0.3 is 10.4 Å². The predicted octanol–water partition coefficient (Wildman–Crippen LogP) is 2.24. The molecule has 2 fully saturated rings. The first-order valence-corrected chi connectivity index (χ1v) is 9.31. The molecule has 122 valence electrons. The molecule has 2 N–H and O–H groups in total. The van der Waals surface area contributed by atoms with Crippen LogP contribution in [0.15, 0.2) is 17.5 Å². The van der Waals surface area contributed by atoms with E-state index in [4.69, 9.17) is 0 Å². The summed E-state index contributed by atoms with van der Waals surface area (Å²) in [6.45, 7) is 4.00. The number of nitrogens with one attached hydrogen (secondary N) is 1. The third kappa shape index (κ3) is 4.09. The molecule has 1 aromatic rings. The lowest BCUT2D eigenvalue weighted by molar-refractivity contribution is -0.127. The van der Waals surface area contributed by atoms with E-state index in [0.717, 1.165) is 45.4 Å². The summed E-state index contributed by atoms with van der Waals surface area (Å²) in [5.41, 5.74) is 0. The molecule has 1 aromatic heterocycles. The van der Waals surface area contributed by atoms with Crippen molar-refractivity contribution in [3.8, 4) is 0 Å². The van der Waals surface area contributed by atoms with Gasteiger partial charge in [0.25, 0.3) is 0 Å². The van der Waals surface area contributed by atoms with Crippen LogP contribution in [0.4, 0.5) is 0 Å². The highest BCUT2D eigenvalue weighted by molar-refractivity contribution is 7.09. The number of hydrogen-bond donors (Lipinski definition) is 2. The second-order valence-corrected chi connectivity index (χ2v) is 7.70. The van der Waals surface area contributed by atoms with Crippen molar-refractivity contribution >= 4 is 17.2 Å². The highest BCUT2D eigenvalue weighted by Gasteiger charge is 2.31. The quantitative estimate of drug-likeness (QED) is 0.874. The fraction of sp³-hybridized carbons (Fsp3) is 0.706. The van der Waals surface area contributed by atoms with Gasteiger partial charge in [-0.1, -0.05) is 6.07 Å². The zero-order chi connectivity index (χ0) is 15.4. The molecule has 1 aliphatic heterocycles. The summed E-state index contributed by atoms with van der Waals surface area (Å²) in [5.74, 6) is 0.419. The lowest BCUT2D eigenvalue weighted by Crippen LogP contribution is -2.42. The van der Waals surface area contributed by atoms with Crippen molar-refractivity contribution in [3.05, 3.63) is 22.4 Å². The largest absolute Gasteiger partial charge is 0.392 e. The van der Waals surface area contributed by atoms with Crippen LogP contribution in [-0.4, -0.2) is 41.7 Å². The third-order valence-corrected chi connectivity index (χ3v) is 5.81. The first-order valence-electron chi connectivity index (χ1n) is 8.43. The monoisotopic (exact) mass is 322 g/mol. The van der Waals surface area contributed by atoms with Crippen molar-refractivity contribution in [2.45, 2.75) is 44.8 Å². The Morgan fingerprint density at radius 1 is 1.36 bits per heavy atom. The van der Waals surface area contributed by atoms with Crippen LogP contribution in [0.1, 0.15) is 37.0 Å². The Morgan fingerprint density at radius 3 is 3.00 bits per heavy atom. The average Bonchev–Trinajstić information content (AvgIpc) is 3.17. The maximum atomic E-state index is 12.2.